The second-order valence-corrected chi connectivity index (χ2v) is 8.68. The Morgan fingerprint density at radius 2 is 2.06 bits per heavy atom. The van der Waals surface area contributed by atoms with E-state index < -0.39 is 0 Å². The number of hydrogen-bond donors (Lipinski definition) is 1. The van der Waals surface area contributed by atoms with Gasteiger partial charge in [-0.25, -0.2) is 4.98 Å². The Hall–Kier alpha value is -2.49. The van der Waals surface area contributed by atoms with E-state index in [4.69, 9.17) is 9.47 Å². The minimum absolute atomic E-state index is 0.0309. The molecule has 1 aliphatic heterocycles. The van der Waals surface area contributed by atoms with Gasteiger partial charge in [0.1, 0.15) is 12.3 Å². The predicted octanol–water partition coefficient (Wildman–Crippen LogP) is 2.57. The van der Waals surface area contributed by atoms with Crippen LogP contribution >= 0.6 is 11.3 Å². The largest absolute Gasteiger partial charge is 0.497 e. The number of carbonyl (C=O) groups is 2. The minimum atomic E-state index is -0.253. The Labute approximate surface area is 187 Å². The lowest BCUT2D eigenvalue weighted by molar-refractivity contribution is -0.116. The van der Waals surface area contributed by atoms with Crippen LogP contribution in [0.15, 0.2) is 24.3 Å². The molecule has 3 rings (SSSR count). The van der Waals surface area contributed by atoms with Crippen LogP contribution in [-0.4, -0.2) is 79.6 Å². The molecular weight excluding hydrogens is 416 g/mol. The number of methoxy groups -OCH3 is 1. The first-order valence-corrected chi connectivity index (χ1v) is 11.2. The van der Waals surface area contributed by atoms with Gasteiger partial charge in [-0.3, -0.25) is 14.5 Å². The molecule has 1 saturated heterocycles. The van der Waals surface area contributed by atoms with Gasteiger partial charge in [0.05, 0.1) is 26.0 Å². The highest BCUT2D eigenvalue weighted by Gasteiger charge is 2.21. The fourth-order valence-corrected chi connectivity index (χ4v) is 4.19. The Morgan fingerprint density at radius 1 is 1.29 bits per heavy atom. The quantitative estimate of drug-likeness (QED) is 0.637. The molecule has 168 valence electrons. The van der Waals surface area contributed by atoms with Crippen LogP contribution in [0.2, 0.25) is 0 Å². The van der Waals surface area contributed by atoms with Crippen LogP contribution in [0.5, 0.6) is 5.75 Å². The number of anilines is 1. The van der Waals surface area contributed by atoms with Gasteiger partial charge in [-0.05, 0) is 38.5 Å². The molecule has 2 aromatic rings. The highest BCUT2D eigenvalue weighted by Crippen LogP contribution is 2.21. The van der Waals surface area contributed by atoms with E-state index in [9.17, 15) is 9.59 Å². The standard InChI is InChI=1S/C22H30N4O4S/c1-16-17(2)31-22(23-16)24-20(27)15-26(9-5-8-25-10-12-30-13-11-25)21(28)18-6-4-7-19(14-18)29-3/h4,6-7,14H,5,8-13,15H2,1-3H3,(H,23,24,27). The maximum Gasteiger partial charge on any atom is 0.254 e. The monoisotopic (exact) mass is 446 g/mol. The molecule has 0 bridgehead atoms. The van der Waals surface area contributed by atoms with Crippen molar-refractivity contribution in [2.75, 3.05) is 58.4 Å². The van der Waals surface area contributed by atoms with E-state index >= 15 is 0 Å². The zero-order valence-electron chi connectivity index (χ0n) is 18.3. The number of nitrogens with zero attached hydrogens (tertiary/aromatic N) is 3. The van der Waals surface area contributed by atoms with Crippen molar-refractivity contribution in [1.82, 2.24) is 14.8 Å². The van der Waals surface area contributed by atoms with Crippen LogP contribution in [0, 0.1) is 13.8 Å². The van der Waals surface area contributed by atoms with Crippen molar-refractivity contribution in [3.63, 3.8) is 0 Å². The average Bonchev–Trinajstić information content (AvgIpc) is 3.09. The van der Waals surface area contributed by atoms with E-state index in [1.165, 1.54) is 11.3 Å². The van der Waals surface area contributed by atoms with Crippen molar-refractivity contribution in [1.29, 1.82) is 0 Å². The summed E-state index contributed by atoms with van der Waals surface area (Å²) in [5, 5.41) is 3.38. The normalized spacial score (nSPS) is 14.3. The van der Waals surface area contributed by atoms with Crippen molar-refractivity contribution in [3.05, 3.63) is 40.4 Å². The Morgan fingerprint density at radius 3 is 2.74 bits per heavy atom. The first kappa shape index (κ1) is 23.2. The molecule has 31 heavy (non-hydrogen) atoms. The second-order valence-electron chi connectivity index (χ2n) is 7.48. The third-order valence-electron chi connectivity index (χ3n) is 5.22. The fraction of sp³-hybridized carbons (Fsp3) is 0.500. The summed E-state index contributed by atoms with van der Waals surface area (Å²) in [7, 11) is 1.56. The lowest BCUT2D eigenvalue weighted by Crippen LogP contribution is -2.41. The molecule has 8 nitrogen and oxygen atoms in total. The number of thiazole rings is 1. The summed E-state index contributed by atoms with van der Waals surface area (Å²) in [4.78, 5) is 35.2. The van der Waals surface area contributed by atoms with Gasteiger partial charge in [0.2, 0.25) is 5.91 Å². The maximum atomic E-state index is 13.2. The number of aromatic nitrogens is 1. The summed E-state index contributed by atoms with van der Waals surface area (Å²) in [6.45, 7) is 8.45. The van der Waals surface area contributed by atoms with E-state index in [0.717, 1.165) is 49.8 Å². The highest BCUT2D eigenvalue weighted by atomic mass is 32.1. The van der Waals surface area contributed by atoms with Crippen molar-refractivity contribution in [3.8, 4) is 5.75 Å². The summed E-state index contributed by atoms with van der Waals surface area (Å²) < 4.78 is 10.6. The van der Waals surface area contributed by atoms with Gasteiger partial charge in [0, 0.05) is 36.6 Å². The predicted molar refractivity (Wildman–Crippen MR) is 121 cm³/mol. The number of morpholine rings is 1. The zero-order chi connectivity index (χ0) is 22.2. The molecule has 1 fully saturated rings. The van der Waals surface area contributed by atoms with E-state index in [1.807, 2.05) is 13.8 Å². The lowest BCUT2D eigenvalue weighted by atomic mass is 10.1. The number of aryl methyl sites for hydroxylation is 2. The van der Waals surface area contributed by atoms with E-state index in [2.05, 4.69) is 15.2 Å². The number of benzene rings is 1. The van der Waals surface area contributed by atoms with Crippen LogP contribution in [0.25, 0.3) is 0 Å². The number of carbonyl (C=O) groups excluding carboxylic acids is 2. The topological polar surface area (TPSA) is 84.0 Å². The maximum absolute atomic E-state index is 13.2. The minimum Gasteiger partial charge on any atom is -0.497 e. The Kier molecular flexibility index (Phi) is 8.39. The van der Waals surface area contributed by atoms with Crippen molar-refractivity contribution < 1.29 is 19.1 Å². The summed E-state index contributed by atoms with van der Waals surface area (Å²) in [5.41, 5.74) is 1.40. The molecule has 1 N–H and O–H groups in total. The Bertz CT molecular complexity index is 876. The van der Waals surface area contributed by atoms with Crippen LogP contribution in [0.1, 0.15) is 27.3 Å². The van der Waals surface area contributed by atoms with E-state index in [1.54, 1.807) is 36.3 Å². The van der Waals surface area contributed by atoms with Gasteiger partial charge in [-0.1, -0.05) is 6.07 Å². The number of amides is 2. The lowest BCUT2D eigenvalue weighted by Gasteiger charge is -2.28. The zero-order valence-corrected chi connectivity index (χ0v) is 19.2. The molecule has 0 unspecified atom stereocenters. The number of ether oxygens (including phenoxy) is 2. The summed E-state index contributed by atoms with van der Waals surface area (Å²) in [5.74, 6) is 0.163. The van der Waals surface area contributed by atoms with Crippen LogP contribution in [-0.2, 0) is 9.53 Å². The van der Waals surface area contributed by atoms with Gasteiger partial charge in [0.15, 0.2) is 5.13 Å². The van der Waals surface area contributed by atoms with Gasteiger partial charge in [-0.15, -0.1) is 11.3 Å². The Balaban J connectivity index is 1.66. The number of nitrogens with one attached hydrogen (secondary N) is 1. The first-order valence-electron chi connectivity index (χ1n) is 10.4. The van der Waals surface area contributed by atoms with Gasteiger partial charge < -0.3 is 19.7 Å². The SMILES string of the molecule is COc1cccc(C(=O)N(CCCN2CCOCC2)CC(=O)Nc2nc(C)c(C)s2)c1. The van der Waals surface area contributed by atoms with Crippen LogP contribution in [0.4, 0.5) is 5.13 Å². The molecule has 1 aliphatic rings. The molecule has 0 spiro atoms. The number of rotatable bonds is 9. The smallest absolute Gasteiger partial charge is 0.254 e. The molecule has 2 heterocycles. The first-order chi connectivity index (χ1) is 15.0. The summed E-state index contributed by atoms with van der Waals surface area (Å²) in [6.07, 6.45) is 0.776. The van der Waals surface area contributed by atoms with Gasteiger partial charge >= 0.3 is 0 Å². The molecule has 0 saturated carbocycles. The van der Waals surface area contributed by atoms with Crippen LogP contribution < -0.4 is 10.1 Å². The molecule has 0 aliphatic carbocycles. The molecule has 2 amide bonds. The molecule has 0 atom stereocenters. The third kappa shape index (κ3) is 6.75. The molecule has 0 radical (unpaired) electrons. The van der Waals surface area contributed by atoms with Gasteiger partial charge in [0.25, 0.3) is 5.91 Å². The van der Waals surface area contributed by atoms with Crippen molar-refractivity contribution in [2.45, 2.75) is 20.3 Å². The molecule has 1 aromatic carbocycles. The third-order valence-corrected chi connectivity index (χ3v) is 6.21. The summed E-state index contributed by atoms with van der Waals surface area (Å²) in [6, 6.07) is 7.01. The summed E-state index contributed by atoms with van der Waals surface area (Å²) >= 11 is 1.43. The van der Waals surface area contributed by atoms with E-state index in [0.29, 0.717) is 23.0 Å². The van der Waals surface area contributed by atoms with Crippen molar-refractivity contribution >= 4 is 28.3 Å². The van der Waals surface area contributed by atoms with E-state index in [-0.39, 0.29) is 18.4 Å². The highest BCUT2D eigenvalue weighted by molar-refractivity contribution is 7.15. The fourth-order valence-electron chi connectivity index (χ4n) is 3.36. The second kappa shape index (κ2) is 11.2. The van der Waals surface area contributed by atoms with Crippen molar-refractivity contribution in [2.24, 2.45) is 0 Å². The number of hydrogen-bond acceptors (Lipinski definition) is 7. The van der Waals surface area contributed by atoms with Gasteiger partial charge in [-0.2, -0.15) is 0 Å². The van der Waals surface area contributed by atoms with Crippen LogP contribution in [0.3, 0.4) is 0 Å². The molecule has 9 heteroatoms. The molecular formula is C22H30N4O4S. The average molecular weight is 447 g/mol. The molecule has 1 aromatic heterocycles.